The maximum absolute atomic E-state index is 13.8. The van der Waals surface area contributed by atoms with E-state index in [9.17, 15) is 18.8 Å². The molecule has 0 bridgehead atoms. The molecule has 1 saturated heterocycles. The first-order valence-corrected chi connectivity index (χ1v) is 11.7. The molecule has 4 rings (SSSR count). The smallest absolute Gasteiger partial charge is 0.286 e. The number of halogens is 1. The summed E-state index contributed by atoms with van der Waals surface area (Å²) in [6.07, 6.45) is 1.29. The van der Waals surface area contributed by atoms with Crippen molar-refractivity contribution in [2.75, 3.05) is 18.4 Å². The lowest BCUT2D eigenvalue weighted by Gasteiger charge is -2.31. The van der Waals surface area contributed by atoms with Crippen LogP contribution in [0.1, 0.15) is 43.6 Å². The van der Waals surface area contributed by atoms with Crippen LogP contribution in [0.2, 0.25) is 0 Å². The Kier molecular flexibility index (Phi) is 7.27. The fourth-order valence-corrected chi connectivity index (χ4v) is 4.41. The van der Waals surface area contributed by atoms with E-state index in [1.165, 1.54) is 6.07 Å². The van der Waals surface area contributed by atoms with E-state index in [4.69, 9.17) is 0 Å². The Bertz CT molecular complexity index is 1200. The molecule has 2 heterocycles. The number of anilines is 1. The van der Waals surface area contributed by atoms with Gasteiger partial charge in [0.25, 0.3) is 11.8 Å². The average molecular weight is 482 g/mol. The van der Waals surface area contributed by atoms with Crippen molar-refractivity contribution in [3.8, 4) is 0 Å². The number of nitrogens with zero attached hydrogens (tertiary/aromatic N) is 3. The zero-order valence-electron chi connectivity index (χ0n) is 18.6. The van der Waals surface area contributed by atoms with Crippen LogP contribution in [0.15, 0.2) is 48.5 Å². The van der Waals surface area contributed by atoms with E-state index in [0.29, 0.717) is 30.6 Å². The summed E-state index contributed by atoms with van der Waals surface area (Å²) in [7, 11) is 0. The molecule has 34 heavy (non-hydrogen) atoms. The second-order valence-electron chi connectivity index (χ2n) is 8.13. The van der Waals surface area contributed by atoms with Crippen LogP contribution in [0.25, 0.3) is 0 Å². The molecule has 0 spiro atoms. The minimum Gasteiger partial charge on any atom is -0.352 e. The number of rotatable bonds is 6. The van der Waals surface area contributed by atoms with Crippen LogP contribution in [0, 0.1) is 18.7 Å². The van der Waals surface area contributed by atoms with E-state index in [-0.39, 0.29) is 40.7 Å². The zero-order valence-corrected chi connectivity index (χ0v) is 19.4. The standard InChI is InChI=1S/C24H24FN5O3S/c1-15-8-10-18(11-9-15)27-21(32)22-28-29-23(34-22)24(33)30-12-4-6-17(14-30)20(31)26-13-16-5-2-3-7-19(16)25/h2-3,5,7-11,17H,4,6,12-14H2,1H3,(H,26,31)(H,27,32)/t17-/m1/s1. The van der Waals surface area contributed by atoms with Gasteiger partial charge in [-0.15, -0.1) is 10.2 Å². The summed E-state index contributed by atoms with van der Waals surface area (Å²) in [6, 6.07) is 13.6. The van der Waals surface area contributed by atoms with E-state index < -0.39 is 11.8 Å². The van der Waals surface area contributed by atoms with Crippen LogP contribution in [0.3, 0.4) is 0 Å². The van der Waals surface area contributed by atoms with Gasteiger partial charge in [0.15, 0.2) is 0 Å². The molecule has 1 aliphatic heterocycles. The van der Waals surface area contributed by atoms with Crippen molar-refractivity contribution in [3.63, 3.8) is 0 Å². The highest BCUT2D eigenvalue weighted by Gasteiger charge is 2.31. The number of carbonyl (C=O) groups excluding carboxylic acids is 3. The van der Waals surface area contributed by atoms with Gasteiger partial charge < -0.3 is 15.5 Å². The molecule has 0 aliphatic carbocycles. The number of nitrogens with one attached hydrogen (secondary N) is 2. The Morgan fingerprint density at radius 3 is 2.59 bits per heavy atom. The van der Waals surface area contributed by atoms with Crippen LogP contribution in [0.4, 0.5) is 10.1 Å². The fraction of sp³-hybridized carbons (Fsp3) is 0.292. The molecule has 176 valence electrons. The van der Waals surface area contributed by atoms with E-state index >= 15 is 0 Å². The van der Waals surface area contributed by atoms with Crippen molar-refractivity contribution < 1.29 is 18.8 Å². The minimum atomic E-state index is -0.440. The molecule has 1 aliphatic rings. The first kappa shape index (κ1) is 23.5. The maximum Gasteiger partial charge on any atom is 0.286 e. The second kappa shape index (κ2) is 10.5. The van der Waals surface area contributed by atoms with Crippen molar-refractivity contribution in [2.24, 2.45) is 5.92 Å². The number of hydrogen-bond donors (Lipinski definition) is 2. The first-order valence-electron chi connectivity index (χ1n) is 10.9. The van der Waals surface area contributed by atoms with Crippen LogP contribution in [-0.2, 0) is 11.3 Å². The van der Waals surface area contributed by atoms with Gasteiger partial charge in [-0.05, 0) is 38.0 Å². The lowest BCUT2D eigenvalue weighted by atomic mass is 9.97. The van der Waals surface area contributed by atoms with E-state index in [2.05, 4.69) is 20.8 Å². The van der Waals surface area contributed by atoms with Crippen LogP contribution in [-0.4, -0.2) is 45.9 Å². The quantitative estimate of drug-likeness (QED) is 0.562. The van der Waals surface area contributed by atoms with Gasteiger partial charge in [0.05, 0.1) is 5.92 Å². The molecular formula is C24H24FN5O3S. The summed E-state index contributed by atoms with van der Waals surface area (Å²) in [5, 5.41) is 13.4. The predicted molar refractivity (Wildman–Crippen MR) is 126 cm³/mol. The van der Waals surface area contributed by atoms with Gasteiger partial charge in [0.2, 0.25) is 15.9 Å². The minimum absolute atomic E-state index is 0.0834. The lowest BCUT2D eigenvalue weighted by molar-refractivity contribution is -0.126. The third-order valence-electron chi connectivity index (χ3n) is 5.60. The Morgan fingerprint density at radius 2 is 1.82 bits per heavy atom. The molecule has 0 radical (unpaired) electrons. The van der Waals surface area contributed by atoms with Gasteiger partial charge in [-0.1, -0.05) is 47.2 Å². The lowest BCUT2D eigenvalue weighted by Crippen LogP contribution is -2.45. The molecule has 1 fully saturated rings. The normalized spacial score (nSPS) is 15.6. The second-order valence-corrected chi connectivity index (χ2v) is 9.11. The highest BCUT2D eigenvalue weighted by atomic mass is 32.1. The van der Waals surface area contributed by atoms with Gasteiger partial charge in [-0.2, -0.15) is 0 Å². The number of aryl methyl sites for hydroxylation is 1. The number of aromatic nitrogens is 2. The zero-order chi connectivity index (χ0) is 24.1. The molecule has 0 unspecified atom stereocenters. The highest BCUT2D eigenvalue weighted by Crippen LogP contribution is 2.21. The third-order valence-corrected chi connectivity index (χ3v) is 6.51. The summed E-state index contributed by atoms with van der Waals surface area (Å²) in [4.78, 5) is 39.6. The Balaban J connectivity index is 1.34. The number of hydrogen-bond acceptors (Lipinski definition) is 6. The van der Waals surface area contributed by atoms with E-state index in [0.717, 1.165) is 16.9 Å². The average Bonchev–Trinajstić information content (AvgIpc) is 3.35. The van der Waals surface area contributed by atoms with Gasteiger partial charge >= 0.3 is 0 Å². The molecule has 2 N–H and O–H groups in total. The number of benzene rings is 2. The topological polar surface area (TPSA) is 104 Å². The SMILES string of the molecule is Cc1ccc(NC(=O)c2nnc(C(=O)N3CCC[C@@H](C(=O)NCc4ccccc4F)C3)s2)cc1. The third kappa shape index (κ3) is 5.63. The monoisotopic (exact) mass is 481 g/mol. The molecule has 3 amide bonds. The van der Waals surface area contributed by atoms with Crippen molar-refractivity contribution in [1.29, 1.82) is 0 Å². The maximum atomic E-state index is 13.8. The molecular weight excluding hydrogens is 457 g/mol. The van der Waals surface area contributed by atoms with Crippen molar-refractivity contribution >= 4 is 34.7 Å². The van der Waals surface area contributed by atoms with Crippen LogP contribution >= 0.6 is 11.3 Å². The summed E-state index contributed by atoms with van der Waals surface area (Å²) in [6.45, 7) is 2.75. The summed E-state index contributed by atoms with van der Waals surface area (Å²) < 4.78 is 13.8. The van der Waals surface area contributed by atoms with Gasteiger partial charge in [-0.3, -0.25) is 14.4 Å². The van der Waals surface area contributed by atoms with Gasteiger partial charge in [0, 0.05) is 30.9 Å². The summed E-state index contributed by atoms with van der Waals surface area (Å²) in [5.41, 5.74) is 2.10. The summed E-state index contributed by atoms with van der Waals surface area (Å²) in [5.74, 6) is -1.80. The Hall–Kier alpha value is -3.66. The Morgan fingerprint density at radius 1 is 1.09 bits per heavy atom. The van der Waals surface area contributed by atoms with Crippen molar-refractivity contribution in [3.05, 3.63) is 75.5 Å². The van der Waals surface area contributed by atoms with Gasteiger partial charge in [0.1, 0.15) is 5.82 Å². The first-order chi connectivity index (χ1) is 16.4. The molecule has 0 saturated carbocycles. The Labute approximate surface area is 200 Å². The van der Waals surface area contributed by atoms with Gasteiger partial charge in [-0.25, -0.2) is 4.39 Å². The number of carbonyl (C=O) groups is 3. The highest BCUT2D eigenvalue weighted by molar-refractivity contribution is 7.15. The molecule has 2 aromatic carbocycles. The van der Waals surface area contributed by atoms with Crippen molar-refractivity contribution in [1.82, 2.24) is 20.4 Å². The molecule has 3 aromatic rings. The number of piperidine rings is 1. The number of amides is 3. The summed E-state index contributed by atoms with van der Waals surface area (Å²) >= 11 is 0.916. The van der Waals surface area contributed by atoms with Crippen molar-refractivity contribution in [2.45, 2.75) is 26.3 Å². The molecule has 10 heteroatoms. The van der Waals surface area contributed by atoms with E-state index in [1.54, 1.807) is 35.2 Å². The molecule has 1 atom stereocenters. The molecule has 8 nitrogen and oxygen atoms in total. The molecule has 1 aromatic heterocycles. The number of likely N-dealkylation sites (tertiary alicyclic amines) is 1. The predicted octanol–water partition coefficient (Wildman–Crippen LogP) is 3.41. The van der Waals surface area contributed by atoms with E-state index in [1.807, 2.05) is 19.1 Å². The largest absolute Gasteiger partial charge is 0.352 e. The fourth-order valence-electron chi connectivity index (χ4n) is 3.70. The van der Waals surface area contributed by atoms with Crippen LogP contribution in [0.5, 0.6) is 0 Å². The van der Waals surface area contributed by atoms with Crippen LogP contribution < -0.4 is 10.6 Å².